The highest BCUT2D eigenvalue weighted by atomic mass is 19.1. The van der Waals surface area contributed by atoms with Crippen molar-refractivity contribution in [3.63, 3.8) is 0 Å². The van der Waals surface area contributed by atoms with Gasteiger partial charge in [0.2, 0.25) is 17.2 Å². The number of aromatic nitrogens is 3. The van der Waals surface area contributed by atoms with Gasteiger partial charge in [-0.15, -0.1) is 6.42 Å². The number of ether oxygens (including phenoxy) is 1. The summed E-state index contributed by atoms with van der Waals surface area (Å²) in [4.78, 5) is 26.1. The summed E-state index contributed by atoms with van der Waals surface area (Å²) in [5, 5.41) is 2.92. The molecule has 0 saturated carbocycles. The van der Waals surface area contributed by atoms with Crippen LogP contribution in [0.25, 0.3) is 5.70 Å². The fourth-order valence-corrected chi connectivity index (χ4v) is 3.41. The molecule has 24 heavy (non-hydrogen) atoms. The van der Waals surface area contributed by atoms with Gasteiger partial charge in [-0.3, -0.25) is 4.79 Å². The lowest BCUT2D eigenvalue weighted by atomic mass is 10.1. The highest BCUT2D eigenvalue weighted by Gasteiger charge is 2.44. The Kier molecular flexibility index (Phi) is 3.30. The Hall–Kier alpha value is -2.82. The quantitative estimate of drug-likeness (QED) is 0.596. The Labute approximate surface area is 137 Å². The molecule has 0 aromatic carbocycles. The van der Waals surface area contributed by atoms with Gasteiger partial charge < -0.3 is 9.64 Å². The molecule has 1 atom stereocenters. The number of nitrogens with one attached hydrogen (secondary N) is 1. The molecule has 0 bridgehead atoms. The largest absolute Gasteiger partial charge is 0.484 e. The van der Waals surface area contributed by atoms with Gasteiger partial charge >= 0.3 is 5.56 Å². The van der Waals surface area contributed by atoms with Crippen molar-refractivity contribution in [3.8, 4) is 12.3 Å². The first-order valence-corrected chi connectivity index (χ1v) is 7.82. The molecule has 1 fully saturated rings. The number of nitrogens with zero attached hydrogens (tertiary/aromatic N) is 3. The van der Waals surface area contributed by atoms with Crippen molar-refractivity contribution >= 4 is 11.5 Å². The average Bonchev–Trinajstić information content (AvgIpc) is 3.12. The molecule has 1 saturated heterocycles. The molecule has 1 unspecified atom stereocenters. The lowest BCUT2D eigenvalue weighted by Crippen LogP contribution is -2.44. The standard InChI is InChI=1S/C16H15FN4O3/c1-2-6-19-8-11(13(17)15-14(19)12(22)9-24-15)21-16(23)10-5-3-4-7-20(10)18-21/h1,8,14H,3-7,9H2/p+1. The third-order valence-electron chi connectivity index (χ3n) is 4.54. The van der Waals surface area contributed by atoms with Gasteiger partial charge in [-0.1, -0.05) is 15.8 Å². The third-order valence-corrected chi connectivity index (χ3v) is 4.54. The predicted molar refractivity (Wildman–Crippen MR) is 80.9 cm³/mol. The number of carbonyl (C=O) groups excluding carboxylic acids is 1. The molecule has 4 heterocycles. The predicted octanol–water partition coefficient (Wildman–Crippen LogP) is -0.304. The summed E-state index contributed by atoms with van der Waals surface area (Å²) in [5.41, 5.74) is 0.340. The summed E-state index contributed by atoms with van der Waals surface area (Å²) in [6, 6.07) is -0.849. The molecular weight excluding hydrogens is 315 g/mol. The molecule has 3 aliphatic heterocycles. The number of aryl methyl sites for hydroxylation is 1. The molecule has 3 aliphatic rings. The van der Waals surface area contributed by atoms with Gasteiger partial charge in [-0.05, 0) is 12.8 Å². The topological polar surface area (TPSA) is 71.2 Å². The number of fused-ring (bicyclic) bond motifs is 2. The van der Waals surface area contributed by atoms with E-state index >= 15 is 0 Å². The van der Waals surface area contributed by atoms with Crippen molar-refractivity contribution in [2.45, 2.75) is 31.8 Å². The van der Waals surface area contributed by atoms with Crippen LogP contribution in [0.2, 0.25) is 0 Å². The summed E-state index contributed by atoms with van der Waals surface area (Å²) in [7, 11) is 0. The van der Waals surface area contributed by atoms with Crippen LogP contribution < -0.4 is 10.2 Å². The minimum atomic E-state index is -0.849. The molecule has 0 radical (unpaired) electrons. The number of H-pyrrole nitrogens is 1. The molecule has 4 rings (SSSR count). The van der Waals surface area contributed by atoms with E-state index in [0.717, 1.165) is 17.5 Å². The number of hydrogen-bond donors (Lipinski definition) is 1. The second kappa shape index (κ2) is 5.37. The highest BCUT2D eigenvalue weighted by molar-refractivity contribution is 5.92. The van der Waals surface area contributed by atoms with Crippen LogP contribution in [0.3, 0.4) is 0 Å². The van der Waals surface area contributed by atoms with E-state index in [1.165, 1.54) is 11.1 Å². The van der Waals surface area contributed by atoms with Crippen LogP contribution in [0.15, 0.2) is 22.6 Å². The maximum Gasteiger partial charge on any atom is 0.401 e. The zero-order chi connectivity index (χ0) is 16.8. The molecule has 1 N–H and O–H groups in total. The van der Waals surface area contributed by atoms with Crippen LogP contribution in [-0.2, 0) is 22.5 Å². The number of ketones is 1. The SMILES string of the molecule is C#CCN1C=C(n2[nH][n+]3c(c2=O)CCCC3)C(F)=C2OCC(=O)C21. The van der Waals surface area contributed by atoms with Crippen molar-refractivity contribution < 1.29 is 18.6 Å². The second-order valence-electron chi connectivity index (χ2n) is 6.02. The van der Waals surface area contributed by atoms with Crippen molar-refractivity contribution in [3.05, 3.63) is 33.8 Å². The molecule has 8 heteroatoms. The van der Waals surface area contributed by atoms with Crippen molar-refractivity contribution in [1.82, 2.24) is 14.8 Å². The molecule has 7 nitrogen and oxygen atoms in total. The number of Topliss-reactive ketones (excluding diaryl/α,β-unsaturated/α-hetero) is 1. The number of allylic oxidation sites excluding steroid dienone is 2. The molecule has 0 spiro atoms. The zero-order valence-corrected chi connectivity index (χ0v) is 12.9. The number of carbonyl (C=O) groups is 1. The Morgan fingerprint density at radius 3 is 3.04 bits per heavy atom. The van der Waals surface area contributed by atoms with Crippen molar-refractivity contribution in [2.24, 2.45) is 0 Å². The van der Waals surface area contributed by atoms with Crippen LogP contribution in [0.5, 0.6) is 0 Å². The van der Waals surface area contributed by atoms with Gasteiger partial charge in [0.15, 0.2) is 17.6 Å². The molecule has 0 amide bonds. The summed E-state index contributed by atoms with van der Waals surface area (Å²) < 4.78 is 23.0. The first kappa shape index (κ1) is 14.8. The van der Waals surface area contributed by atoms with E-state index in [1.54, 1.807) is 4.68 Å². The molecule has 0 aliphatic carbocycles. The first-order valence-electron chi connectivity index (χ1n) is 7.82. The highest BCUT2D eigenvalue weighted by Crippen LogP contribution is 2.34. The number of terminal acetylenes is 1. The van der Waals surface area contributed by atoms with Gasteiger partial charge in [0.05, 0.1) is 12.7 Å². The fraction of sp³-hybridized carbons (Fsp3) is 0.438. The van der Waals surface area contributed by atoms with Crippen molar-refractivity contribution in [2.75, 3.05) is 13.2 Å². The Morgan fingerprint density at radius 2 is 2.29 bits per heavy atom. The number of rotatable bonds is 2. The summed E-state index contributed by atoms with van der Waals surface area (Å²) in [5.74, 6) is 1.42. The number of hydrogen-bond acceptors (Lipinski definition) is 4. The lowest BCUT2D eigenvalue weighted by molar-refractivity contribution is -0.765. The number of halogens is 1. The van der Waals surface area contributed by atoms with Gasteiger partial charge in [-0.25, -0.2) is 4.79 Å². The minimum Gasteiger partial charge on any atom is -0.484 e. The van der Waals surface area contributed by atoms with E-state index in [2.05, 4.69) is 11.1 Å². The Morgan fingerprint density at radius 1 is 1.46 bits per heavy atom. The Bertz CT molecular complexity index is 886. The maximum absolute atomic E-state index is 14.9. The van der Waals surface area contributed by atoms with Gasteiger partial charge in [-0.2, -0.15) is 9.07 Å². The molecular formula is C16H16FN4O3+. The van der Waals surface area contributed by atoms with E-state index in [9.17, 15) is 14.0 Å². The fourth-order valence-electron chi connectivity index (χ4n) is 3.41. The zero-order valence-electron chi connectivity index (χ0n) is 12.9. The smallest absolute Gasteiger partial charge is 0.401 e. The van der Waals surface area contributed by atoms with Gasteiger partial charge in [0, 0.05) is 6.42 Å². The van der Waals surface area contributed by atoms with Crippen LogP contribution in [0.4, 0.5) is 4.39 Å². The lowest BCUT2D eigenvalue weighted by Gasteiger charge is -2.27. The van der Waals surface area contributed by atoms with Crippen LogP contribution in [0, 0.1) is 12.3 Å². The summed E-state index contributed by atoms with van der Waals surface area (Å²) in [6.45, 7) is 0.609. The van der Waals surface area contributed by atoms with Crippen LogP contribution >= 0.6 is 0 Å². The average molecular weight is 331 g/mol. The van der Waals surface area contributed by atoms with E-state index < -0.39 is 11.9 Å². The van der Waals surface area contributed by atoms with Crippen LogP contribution in [-0.4, -0.2) is 39.8 Å². The second-order valence-corrected chi connectivity index (χ2v) is 6.02. The maximum atomic E-state index is 14.9. The normalized spacial score (nSPS) is 22.7. The van der Waals surface area contributed by atoms with Gasteiger partial charge in [0.25, 0.3) is 0 Å². The third kappa shape index (κ3) is 2.01. The molecule has 124 valence electrons. The van der Waals surface area contributed by atoms with Gasteiger partial charge in [0.1, 0.15) is 13.2 Å². The Balaban J connectivity index is 1.84. The monoisotopic (exact) mass is 331 g/mol. The van der Waals surface area contributed by atoms with E-state index in [4.69, 9.17) is 11.2 Å². The van der Waals surface area contributed by atoms with E-state index in [1.807, 2.05) is 0 Å². The van der Waals surface area contributed by atoms with E-state index in [0.29, 0.717) is 18.7 Å². The molecule has 1 aromatic rings. The van der Waals surface area contributed by atoms with E-state index in [-0.39, 0.29) is 36.0 Å². The molecule has 1 aromatic heterocycles. The first-order chi connectivity index (χ1) is 11.6. The number of aromatic amines is 1. The van der Waals surface area contributed by atoms with Crippen LogP contribution in [0.1, 0.15) is 18.5 Å². The summed E-state index contributed by atoms with van der Waals surface area (Å²) >= 11 is 0. The summed E-state index contributed by atoms with van der Waals surface area (Å²) in [6.07, 6.45) is 9.31. The van der Waals surface area contributed by atoms with Crippen molar-refractivity contribution in [1.29, 1.82) is 0 Å². The minimum absolute atomic E-state index is 0.0121.